The Kier molecular flexibility index (Phi) is 4.94. The van der Waals surface area contributed by atoms with Crippen LogP contribution in [0.15, 0.2) is 72.4 Å². The van der Waals surface area contributed by atoms with Crippen LogP contribution in [-0.4, -0.2) is 6.09 Å². The lowest BCUT2D eigenvalue weighted by Crippen LogP contribution is -2.25. The molecule has 0 fully saturated rings. The van der Waals surface area contributed by atoms with Crippen LogP contribution in [0.2, 0.25) is 0 Å². The number of carbonyl (C=O) groups excluding carboxylic acids is 1. The zero-order valence-electron chi connectivity index (χ0n) is 12.9. The maximum Gasteiger partial charge on any atom is 0.435 e. The molecule has 0 bridgehead atoms. The van der Waals surface area contributed by atoms with E-state index in [0.717, 1.165) is 25.0 Å². The van der Waals surface area contributed by atoms with Gasteiger partial charge in [-0.25, -0.2) is 10.3 Å². The molecule has 0 aromatic heterocycles. The number of hydrogen-bond acceptors (Lipinski definition) is 3. The molecule has 0 saturated heterocycles. The largest absolute Gasteiger partial charge is 0.435 e. The van der Waals surface area contributed by atoms with E-state index in [0.29, 0.717) is 11.6 Å². The molecule has 3 rings (SSSR count). The summed E-state index contributed by atoms with van der Waals surface area (Å²) in [5.74, 6) is 0.542. The van der Waals surface area contributed by atoms with Crippen LogP contribution >= 0.6 is 0 Å². The highest BCUT2D eigenvalue weighted by Crippen LogP contribution is 2.30. The topological polar surface area (TPSA) is 50.4 Å². The van der Waals surface area contributed by atoms with Gasteiger partial charge in [0.1, 0.15) is 0 Å². The number of rotatable bonds is 4. The molecule has 1 aliphatic rings. The van der Waals surface area contributed by atoms with E-state index in [2.05, 4.69) is 41.1 Å². The summed E-state index contributed by atoms with van der Waals surface area (Å²) in [7, 11) is 0. The zero-order chi connectivity index (χ0) is 15.9. The quantitative estimate of drug-likeness (QED) is 0.812. The van der Waals surface area contributed by atoms with Gasteiger partial charge in [0, 0.05) is 11.4 Å². The fourth-order valence-corrected chi connectivity index (χ4v) is 2.73. The summed E-state index contributed by atoms with van der Waals surface area (Å²) >= 11 is 0. The van der Waals surface area contributed by atoms with Gasteiger partial charge in [0.2, 0.25) is 0 Å². The van der Waals surface area contributed by atoms with Crippen LogP contribution in [0.5, 0.6) is 0 Å². The van der Waals surface area contributed by atoms with Gasteiger partial charge in [-0.3, -0.25) is 5.32 Å². The number of carbonyl (C=O) groups is 1. The second-order valence-corrected chi connectivity index (χ2v) is 5.59. The Labute approximate surface area is 136 Å². The van der Waals surface area contributed by atoms with E-state index in [1.807, 2.05) is 36.4 Å². The molecule has 2 aromatic carbocycles. The van der Waals surface area contributed by atoms with Gasteiger partial charge in [-0.15, -0.1) is 0 Å². The second-order valence-electron chi connectivity index (χ2n) is 5.59. The summed E-state index contributed by atoms with van der Waals surface area (Å²) in [5.41, 5.74) is 5.80. The predicted octanol–water partition coefficient (Wildman–Crippen LogP) is 4.59. The molecule has 2 N–H and O–H groups in total. The van der Waals surface area contributed by atoms with Crippen LogP contribution in [0, 0.1) is 0 Å². The van der Waals surface area contributed by atoms with Crippen molar-refractivity contribution in [3.8, 4) is 0 Å². The first kappa shape index (κ1) is 15.2. The van der Waals surface area contributed by atoms with Crippen molar-refractivity contribution in [2.45, 2.75) is 25.2 Å². The lowest BCUT2D eigenvalue weighted by molar-refractivity contribution is 0.116. The fraction of sp³-hybridized carbons (Fsp3) is 0.211. The monoisotopic (exact) mass is 308 g/mol. The summed E-state index contributed by atoms with van der Waals surface area (Å²) in [4.78, 5) is 16.8. The minimum absolute atomic E-state index is 0.512. The lowest BCUT2D eigenvalue weighted by atomic mass is 9.87. The summed E-state index contributed by atoms with van der Waals surface area (Å²) in [6.45, 7) is 0. The first-order chi connectivity index (χ1) is 11.3. The molecular formula is C19H20N2O2. The average Bonchev–Trinajstić information content (AvgIpc) is 2.62. The molecule has 0 radical (unpaired) electrons. The minimum atomic E-state index is -0.512. The SMILES string of the molecule is O=C(Nc1ccccc1)ONC1=CCC(c2ccccc2)CC1. The van der Waals surface area contributed by atoms with Crippen LogP contribution in [0.3, 0.4) is 0 Å². The Morgan fingerprint density at radius 1 is 1.00 bits per heavy atom. The van der Waals surface area contributed by atoms with Gasteiger partial charge in [-0.1, -0.05) is 54.6 Å². The first-order valence-electron chi connectivity index (χ1n) is 7.84. The number of allylic oxidation sites excluding steroid dienone is 2. The number of hydroxylamine groups is 1. The predicted molar refractivity (Wildman–Crippen MR) is 90.8 cm³/mol. The standard InChI is InChI=1S/C19H20N2O2/c22-19(20-17-9-5-2-6-10-17)23-21-18-13-11-16(12-14-18)15-7-3-1-4-8-15/h1-10,13,16,21H,11-12,14H2,(H,20,22). The lowest BCUT2D eigenvalue weighted by Gasteiger charge is -2.22. The Morgan fingerprint density at radius 2 is 1.70 bits per heavy atom. The molecule has 0 saturated carbocycles. The van der Waals surface area contributed by atoms with Crippen molar-refractivity contribution in [3.63, 3.8) is 0 Å². The van der Waals surface area contributed by atoms with E-state index in [9.17, 15) is 4.79 Å². The number of nitrogens with one attached hydrogen (secondary N) is 2. The number of hydrogen-bond donors (Lipinski definition) is 2. The molecule has 2 aromatic rings. The third kappa shape index (κ3) is 4.36. The van der Waals surface area contributed by atoms with Crippen molar-refractivity contribution in [2.24, 2.45) is 0 Å². The highest BCUT2D eigenvalue weighted by atomic mass is 16.7. The van der Waals surface area contributed by atoms with Crippen LogP contribution in [0.25, 0.3) is 0 Å². The Balaban J connectivity index is 1.46. The van der Waals surface area contributed by atoms with Gasteiger partial charge < -0.3 is 4.84 Å². The van der Waals surface area contributed by atoms with Gasteiger partial charge in [0.25, 0.3) is 0 Å². The van der Waals surface area contributed by atoms with E-state index >= 15 is 0 Å². The Bertz CT molecular complexity index is 668. The highest BCUT2D eigenvalue weighted by Gasteiger charge is 2.16. The number of amides is 1. The van der Waals surface area contributed by atoms with Gasteiger partial charge >= 0.3 is 6.09 Å². The smallest absolute Gasteiger partial charge is 0.324 e. The molecule has 23 heavy (non-hydrogen) atoms. The first-order valence-corrected chi connectivity index (χ1v) is 7.84. The van der Waals surface area contributed by atoms with E-state index in [1.54, 1.807) is 0 Å². The molecule has 118 valence electrons. The Morgan fingerprint density at radius 3 is 2.35 bits per heavy atom. The van der Waals surface area contributed by atoms with Crippen molar-refractivity contribution >= 4 is 11.8 Å². The number of para-hydroxylation sites is 1. The van der Waals surface area contributed by atoms with Crippen molar-refractivity contribution in [1.82, 2.24) is 5.48 Å². The van der Waals surface area contributed by atoms with E-state index < -0.39 is 6.09 Å². The third-order valence-corrected chi connectivity index (χ3v) is 3.98. The van der Waals surface area contributed by atoms with Crippen molar-refractivity contribution < 1.29 is 9.63 Å². The van der Waals surface area contributed by atoms with Crippen molar-refractivity contribution in [1.29, 1.82) is 0 Å². The van der Waals surface area contributed by atoms with Crippen molar-refractivity contribution in [2.75, 3.05) is 5.32 Å². The van der Waals surface area contributed by atoms with Crippen molar-refractivity contribution in [3.05, 3.63) is 78.0 Å². The average molecular weight is 308 g/mol. The maximum absolute atomic E-state index is 11.7. The maximum atomic E-state index is 11.7. The third-order valence-electron chi connectivity index (χ3n) is 3.98. The normalized spacial score (nSPS) is 17.0. The van der Waals surface area contributed by atoms with Crippen LogP contribution < -0.4 is 10.8 Å². The number of anilines is 1. The van der Waals surface area contributed by atoms with Crippen LogP contribution in [0.1, 0.15) is 30.7 Å². The Hall–Kier alpha value is -2.75. The van der Waals surface area contributed by atoms with Gasteiger partial charge in [-0.05, 0) is 42.9 Å². The molecule has 0 aliphatic heterocycles. The summed E-state index contributed by atoms with van der Waals surface area (Å²) in [6, 6.07) is 19.7. The number of benzene rings is 2. The molecule has 1 atom stereocenters. The summed E-state index contributed by atoms with van der Waals surface area (Å²) in [6.07, 6.45) is 4.47. The summed E-state index contributed by atoms with van der Waals surface area (Å²) < 4.78 is 0. The van der Waals surface area contributed by atoms with Gasteiger partial charge in [0.05, 0.1) is 0 Å². The summed E-state index contributed by atoms with van der Waals surface area (Å²) in [5, 5.41) is 2.67. The fourth-order valence-electron chi connectivity index (χ4n) is 2.73. The van der Waals surface area contributed by atoms with E-state index in [1.165, 1.54) is 5.56 Å². The zero-order valence-corrected chi connectivity index (χ0v) is 12.9. The molecule has 1 unspecified atom stereocenters. The molecule has 1 amide bonds. The molecule has 4 heteroatoms. The second kappa shape index (κ2) is 7.49. The van der Waals surface area contributed by atoms with Gasteiger partial charge in [0.15, 0.2) is 0 Å². The van der Waals surface area contributed by atoms with Crippen LogP contribution in [-0.2, 0) is 4.84 Å². The van der Waals surface area contributed by atoms with E-state index in [-0.39, 0.29) is 0 Å². The molecule has 0 heterocycles. The molecular weight excluding hydrogens is 288 g/mol. The molecule has 0 spiro atoms. The molecule has 4 nitrogen and oxygen atoms in total. The highest BCUT2D eigenvalue weighted by molar-refractivity contribution is 5.84. The minimum Gasteiger partial charge on any atom is -0.324 e. The van der Waals surface area contributed by atoms with Crippen LogP contribution in [0.4, 0.5) is 10.5 Å². The van der Waals surface area contributed by atoms with Gasteiger partial charge in [-0.2, -0.15) is 0 Å². The molecule has 1 aliphatic carbocycles. The van der Waals surface area contributed by atoms with E-state index in [4.69, 9.17) is 4.84 Å².